The molecule has 1 heterocycles. The fourth-order valence-corrected chi connectivity index (χ4v) is 4.06. The highest BCUT2D eigenvalue weighted by Crippen LogP contribution is 2.35. The zero-order valence-corrected chi connectivity index (χ0v) is 16.5. The molecule has 144 valence electrons. The normalized spacial score (nSPS) is 16.9. The predicted octanol–water partition coefficient (Wildman–Crippen LogP) is 2.54. The smallest absolute Gasteiger partial charge is 0.261 e. The maximum absolute atomic E-state index is 12.7. The highest BCUT2D eigenvalue weighted by molar-refractivity contribution is 7.92. The van der Waals surface area contributed by atoms with Gasteiger partial charge >= 0.3 is 0 Å². The quantitative estimate of drug-likeness (QED) is 0.873. The number of ether oxygens (including phenoxy) is 1. The highest BCUT2D eigenvalue weighted by atomic mass is 32.2. The lowest BCUT2D eigenvalue weighted by Crippen LogP contribution is -2.39. The molecule has 0 saturated heterocycles. The van der Waals surface area contributed by atoms with Crippen molar-refractivity contribution in [1.82, 2.24) is 5.32 Å². The number of nitrogens with zero attached hydrogens (tertiary/aromatic N) is 1. The van der Waals surface area contributed by atoms with Crippen molar-refractivity contribution in [3.8, 4) is 5.75 Å². The van der Waals surface area contributed by atoms with Gasteiger partial charge in [0.15, 0.2) is 6.10 Å². The summed E-state index contributed by atoms with van der Waals surface area (Å²) in [7, 11) is -3.47. The number of amides is 1. The topological polar surface area (TPSA) is 75.7 Å². The van der Waals surface area contributed by atoms with Gasteiger partial charge in [0.05, 0.1) is 11.9 Å². The predicted molar refractivity (Wildman–Crippen MR) is 105 cm³/mol. The average molecular weight is 388 g/mol. The number of anilines is 1. The van der Waals surface area contributed by atoms with E-state index >= 15 is 0 Å². The number of fused-ring (bicyclic) bond motifs is 1. The van der Waals surface area contributed by atoms with E-state index in [0.29, 0.717) is 18.0 Å². The maximum Gasteiger partial charge on any atom is 0.261 e. The zero-order chi connectivity index (χ0) is 19.6. The molecule has 6 nitrogen and oxygen atoms in total. The Labute approximate surface area is 160 Å². The molecule has 0 bridgehead atoms. The molecule has 0 saturated carbocycles. The van der Waals surface area contributed by atoms with E-state index in [4.69, 9.17) is 4.74 Å². The number of hydrogen-bond acceptors (Lipinski definition) is 4. The van der Waals surface area contributed by atoms with E-state index in [1.807, 2.05) is 44.2 Å². The number of hydrogen-bond donors (Lipinski definition) is 1. The molecule has 2 aromatic rings. The molecule has 0 radical (unpaired) electrons. The van der Waals surface area contributed by atoms with E-state index in [-0.39, 0.29) is 18.9 Å². The minimum Gasteiger partial charge on any atom is -0.478 e. The van der Waals surface area contributed by atoms with Gasteiger partial charge < -0.3 is 10.1 Å². The van der Waals surface area contributed by atoms with Gasteiger partial charge in [-0.1, -0.05) is 30.3 Å². The minimum absolute atomic E-state index is 0.192. The second-order valence-electron chi connectivity index (χ2n) is 6.85. The molecule has 1 N–H and O–H groups in total. The first-order valence-electron chi connectivity index (χ1n) is 8.83. The van der Waals surface area contributed by atoms with Crippen molar-refractivity contribution in [3.63, 3.8) is 0 Å². The van der Waals surface area contributed by atoms with Crippen LogP contribution in [0.5, 0.6) is 5.75 Å². The number of benzene rings is 2. The largest absolute Gasteiger partial charge is 0.478 e. The lowest BCUT2D eigenvalue weighted by Gasteiger charge is -2.21. The van der Waals surface area contributed by atoms with Crippen LogP contribution in [-0.2, 0) is 21.4 Å². The summed E-state index contributed by atoms with van der Waals surface area (Å²) in [5, 5.41) is 2.90. The molecule has 27 heavy (non-hydrogen) atoms. The van der Waals surface area contributed by atoms with Gasteiger partial charge in [0.25, 0.3) is 5.91 Å². The summed E-state index contributed by atoms with van der Waals surface area (Å²) < 4.78 is 31.6. The maximum atomic E-state index is 12.7. The van der Waals surface area contributed by atoms with Gasteiger partial charge in [0, 0.05) is 19.5 Å². The summed E-state index contributed by atoms with van der Waals surface area (Å²) in [6, 6.07) is 13.2. The number of carbonyl (C=O) groups excluding carboxylic acids is 1. The van der Waals surface area contributed by atoms with Crippen LogP contribution in [0.1, 0.15) is 23.1 Å². The molecule has 1 amide bonds. The number of carbonyl (C=O) groups is 1. The molecule has 3 rings (SSSR count). The summed E-state index contributed by atoms with van der Waals surface area (Å²) in [5.41, 5.74) is 3.54. The van der Waals surface area contributed by atoms with Crippen molar-refractivity contribution >= 4 is 21.6 Å². The lowest BCUT2D eigenvalue weighted by molar-refractivity contribution is -0.128. The third-order valence-electron chi connectivity index (χ3n) is 4.65. The molecule has 1 aliphatic rings. The molecular formula is C20H24N2O4S. The van der Waals surface area contributed by atoms with Crippen molar-refractivity contribution in [2.75, 3.05) is 17.1 Å². The Balaban J connectivity index is 1.79. The fraction of sp³-hybridized carbons (Fsp3) is 0.350. The standard InChI is InChI=1S/C20H24N2O4S/c1-14-8-9-18-17(12-14)22(27(3,24)25)11-10-19(26-18)20(23)21-13-16-7-5-4-6-15(16)2/h4-9,12,19H,10-11,13H2,1-3H3,(H,21,23)/t19-/m1/s1. The Hall–Kier alpha value is -2.54. The minimum atomic E-state index is -3.47. The molecule has 1 atom stereocenters. The van der Waals surface area contributed by atoms with E-state index in [2.05, 4.69) is 5.32 Å². The van der Waals surface area contributed by atoms with Gasteiger partial charge in [0.2, 0.25) is 10.0 Å². The molecular weight excluding hydrogens is 364 g/mol. The van der Waals surface area contributed by atoms with Gasteiger partial charge in [-0.05, 0) is 42.7 Å². The van der Waals surface area contributed by atoms with E-state index in [1.165, 1.54) is 4.31 Å². The van der Waals surface area contributed by atoms with Crippen LogP contribution in [0.3, 0.4) is 0 Å². The Morgan fingerprint density at radius 2 is 1.96 bits per heavy atom. The number of aryl methyl sites for hydroxylation is 2. The van der Waals surface area contributed by atoms with Gasteiger partial charge in [-0.2, -0.15) is 0 Å². The Bertz CT molecular complexity index is 956. The van der Waals surface area contributed by atoms with Gasteiger partial charge in [-0.25, -0.2) is 8.42 Å². The van der Waals surface area contributed by atoms with E-state index < -0.39 is 16.1 Å². The van der Waals surface area contributed by atoms with Crippen LogP contribution < -0.4 is 14.4 Å². The summed E-state index contributed by atoms with van der Waals surface area (Å²) in [4.78, 5) is 12.7. The van der Waals surface area contributed by atoms with Crippen molar-refractivity contribution in [3.05, 3.63) is 59.2 Å². The van der Waals surface area contributed by atoms with Gasteiger partial charge in [-0.15, -0.1) is 0 Å². The van der Waals surface area contributed by atoms with Crippen LogP contribution in [0.25, 0.3) is 0 Å². The number of rotatable bonds is 4. The first kappa shape index (κ1) is 19.2. The monoisotopic (exact) mass is 388 g/mol. The Kier molecular flexibility index (Phi) is 5.41. The van der Waals surface area contributed by atoms with Gasteiger partial charge in [-0.3, -0.25) is 9.10 Å². The summed E-state index contributed by atoms with van der Waals surface area (Å²) in [6.45, 7) is 4.48. The fourth-order valence-electron chi connectivity index (χ4n) is 3.12. The second kappa shape index (κ2) is 7.60. The summed E-state index contributed by atoms with van der Waals surface area (Å²) >= 11 is 0. The molecule has 0 unspecified atom stereocenters. The molecule has 0 aliphatic carbocycles. The first-order chi connectivity index (χ1) is 12.8. The van der Waals surface area contributed by atoms with Gasteiger partial charge in [0.1, 0.15) is 5.75 Å². The van der Waals surface area contributed by atoms with Crippen LogP contribution in [0.2, 0.25) is 0 Å². The second-order valence-corrected chi connectivity index (χ2v) is 8.75. The average Bonchev–Trinajstić information content (AvgIpc) is 2.80. The molecule has 0 fully saturated rings. The van der Waals surface area contributed by atoms with Crippen LogP contribution in [-0.4, -0.2) is 33.2 Å². The van der Waals surface area contributed by atoms with E-state index in [9.17, 15) is 13.2 Å². The number of sulfonamides is 1. The van der Waals surface area contributed by atoms with E-state index in [0.717, 1.165) is 22.9 Å². The van der Waals surface area contributed by atoms with Crippen LogP contribution in [0.15, 0.2) is 42.5 Å². The molecule has 0 spiro atoms. The first-order valence-corrected chi connectivity index (χ1v) is 10.7. The van der Waals surface area contributed by atoms with Crippen LogP contribution >= 0.6 is 0 Å². The molecule has 7 heteroatoms. The van der Waals surface area contributed by atoms with Crippen molar-refractivity contribution < 1.29 is 17.9 Å². The highest BCUT2D eigenvalue weighted by Gasteiger charge is 2.31. The summed E-state index contributed by atoms with van der Waals surface area (Å²) in [5.74, 6) is 0.152. The third-order valence-corrected chi connectivity index (χ3v) is 5.83. The lowest BCUT2D eigenvalue weighted by atomic mass is 10.1. The summed E-state index contributed by atoms with van der Waals surface area (Å²) in [6.07, 6.45) is 0.695. The molecule has 1 aliphatic heterocycles. The Morgan fingerprint density at radius 3 is 2.67 bits per heavy atom. The van der Waals surface area contributed by atoms with Crippen molar-refractivity contribution in [2.45, 2.75) is 32.9 Å². The zero-order valence-electron chi connectivity index (χ0n) is 15.7. The molecule has 2 aromatic carbocycles. The van der Waals surface area contributed by atoms with E-state index in [1.54, 1.807) is 12.1 Å². The van der Waals surface area contributed by atoms with Crippen molar-refractivity contribution in [1.29, 1.82) is 0 Å². The number of nitrogens with one attached hydrogen (secondary N) is 1. The molecule has 0 aromatic heterocycles. The SMILES string of the molecule is Cc1ccc2c(c1)N(S(C)(=O)=O)CC[C@H](C(=O)NCc1ccccc1C)O2. The Morgan fingerprint density at radius 1 is 1.22 bits per heavy atom. The van der Waals surface area contributed by atoms with Crippen molar-refractivity contribution in [2.24, 2.45) is 0 Å². The third kappa shape index (κ3) is 4.42. The van der Waals surface area contributed by atoms with Crippen LogP contribution in [0.4, 0.5) is 5.69 Å². The van der Waals surface area contributed by atoms with Crippen LogP contribution in [0, 0.1) is 13.8 Å².